The first kappa shape index (κ1) is 11.3. The van der Waals surface area contributed by atoms with Gasteiger partial charge in [-0.2, -0.15) is 5.10 Å². The number of hydrogen-bond acceptors (Lipinski definition) is 3. The van der Waals surface area contributed by atoms with Crippen LogP contribution < -0.4 is 11.5 Å². The van der Waals surface area contributed by atoms with Gasteiger partial charge in [-0.05, 0) is 25.3 Å². The molecule has 0 aliphatic heterocycles. The minimum atomic E-state index is 0.0987. The van der Waals surface area contributed by atoms with E-state index in [4.69, 9.17) is 16.9 Å². The molecule has 1 aromatic carbocycles. The SMILES string of the molecule is CC(N)=N/N=C1\CCc2c(C(=N)N)cccc21. The second kappa shape index (κ2) is 4.37. The Morgan fingerprint density at radius 3 is 2.71 bits per heavy atom. The minimum Gasteiger partial charge on any atom is -0.386 e. The lowest BCUT2D eigenvalue weighted by Gasteiger charge is -2.05. The van der Waals surface area contributed by atoms with Gasteiger partial charge in [0.25, 0.3) is 0 Å². The number of nitrogen functional groups attached to an aromatic ring is 1. The summed E-state index contributed by atoms with van der Waals surface area (Å²) in [6, 6.07) is 5.73. The van der Waals surface area contributed by atoms with Crippen LogP contribution >= 0.6 is 0 Å². The topological polar surface area (TPSA) is 101 Å². The van der Waals surface area contributed by atoms with E-state index in [-0.39, 0.29) is 5.84 Å². The van der Waals surface area contributed by atoms with E-state index < -0.39 is 0 Å². The fourth-order valence-electron chi connectivity index (χ4n) is 2.00. The Bertz CT molecular complexity index is 524. The van der Waals surface area contributed by atoms with Crippen LogP contribution in [-0.2, 0) is 6.42 Å². The van der Waals surface area contributed by atoms with Crippen molar-refractivity contribution in [3.05, 3.63) is 34.9 Å². The van der Waals surface area contributed by atoms with Gasteiger partial charge in [-0.1, -0.05) is 18.2 Å². The standard InChI is InChI=1S/C12H15N5/c1-7(13)16-17-11-6-5-8-9(11)3-2-4-10(8)12(14)15/h2-4H,5-6H2,1H3,(H2,13,16)(H3,14,15)/b17-11+. The van der Waals surface area contributed by atoms with Gasteiger partial charge in [-0.25, -0.2) is 0 Å². The molecule has 0 aromatic heterocycles. The summed E-state index contributed by atoms with van der Waals surface area (Å²) >= 11 is 0. The number of fused-ring (bicyclic) bond motifs is 1. The maximum atomic E-state index is 7.53. The van der Waals surface area contributed by atoms with Gasteiger partial charge in [0.1, 0.15) is 11.7 Å². The monoisotopic (exact) mass is 229 g/mol. The van der Waals surface area contributed by atoms with Gasteiger partial charge in [0, 0.05) is 11.1 Å². The van der Waals surface area contributed by atoms with Crippen LogP contribution in [0.3, 0.4) is 0 Å². The highest BCUT2D eigenvalue weighted by molar-refractivity contribution is 6.08. The third-order valence-corrected chi connectivity index (χ3v) is 2.72. The number of amidine groups is 2. The Hall–Kier alpha value is -2.17. The molecule has 0 heterocycles. The molecule has 0 amide bonds. The van der Waals surface area contributed by atoms with Crippen LogP contribution in [0.2, 0.25) is 0 Å². The summed E-state index contributed by atoms with van der Waals surface area (Å²) in [4.78, 5) is 0. The number of rotatable bonds is 2. The second-order valence-corrected chi connectivity index (χ2v) is 4.03. The fourth-order valence-corrected chi connectivity index (χ4v) is 2.00. The average Bonchev–Trinajstić information content (AvgIpc) is 2.68. The van der Waals surface area contributed by atoms with Crippen LogP contribution in [0.15, 0.2) is 28.4 Å². The molecule has 0 radical (unpaired) electrons. The van der Waals surface area contributed by atoms with Gasteiger partial charge in [0.05, 0.1) is 5.71 Å². The molecule has 1 aliphatic rings. The highest BCUT2D eigenvalue weighted by Crippen LogP contribution is 2.25. The van der Waals surface area contributed by atoms with E-state index in [0.717, 1.165) is 35.2 Å². The van der Waals surface area contributed by atoms with E-state index in [9.17, 15) is 0 Å². The Balaban J connectivity index is 2.47. The maximum absolute atomic E-state index is 7.53. The van der Waals surface area contributed by atoms with E-state index in [1.807, 2.05) is 18.2 Å². The van der Waals surface area contributed by atoms with E-state index in [0.29, 0.717) is 5.84 Å². The zero-order valence-corrected chi connectivity index (χ0v) is 9.70. The molecule has 0 saturated heterocycles. The molecule has 88 valence electrons. The summed E-state index contributed by atoms with van der Waals surface area (Å²) < 4.78 is 0. The number of hydrogen-bond donors (Lipinski definition) is 3. The van der Waals surface area contributed by atoms with Crippen LogP contribution in [0, 0.1) is 5.41 Å². The summed E-state index contributed by atoms with van der Waals surface area (Å²) in [7, 11) is 0. The summed E-state index contributed by atoms with van der Waals surface area (Å²) in [6.07, 6.45) is 1.67. The number of benzene rings is 1. The van der Waals surface area contributed by atoms with E-state index in [1.54, 1.807) is 6.92 Å². The van der Waals surface area contributed by atoms with E-state index in [2.05, 4.69) is 10.2 Å². The fraction of sp³-hybridized carbons (Fsp3) is 0.250. The van der Waals surface area contributed by atoms with Gasteiger partial charge in [-0.3, -0.25) is 5.41 Å². The third kappa shape index (κ3) is 2.18. The quantitative estimate of drug-likeness (QED) is 0.400. The summed E-state index contributed by atoms with van der Waals surface area (Å²) in [5.74, 6) is 0.537. The lowest BCUT2D eigenvalue weighted by molar-refractivity contribution is 1.07. The van der Waals surface area contributed by atoms with Crippen molar-refractivity contribution in [2.45, 2.75) is 19.8 Å². The smallest absolute Gasteiger partial charge is 0.123 e. The van der Waals surface area contributed by atoms with Crippen molar-refractivity contribution in [2.75, 3.05) is 0 Å². The van der Waals surface area contributed by atoms with Crippen LogP contribution in [0.1, 0.15) is 30.0 Å². The number of nitrogens with two attached hydrogens (primary N) is 2. The molecule has 0 saturated carbocycles. The molecule has 5 nitrogen and oxygen atoms in total. The summed E-state index contributed by atoms with van der Waals surface area (Å²) in [5.41, 5.74) is 14.8. The molecule has 5 N–H and O–H groups in total. The lowest BCUT2D eigenvalue weighted by atomic mass is 10.0. The lowest BCUT2D eigenvalue weighted by Crippen LogP contribution is -2.13. The van der Waals surface area contributed by atoms with Crippen LogP contribution in [0.5, 0.6) is 0 Å². The molecule has 2 rings (SSSR count). The Morgan fingerprint density at radius 1 is 1.29 bits per heavy atom. The molecule has 1 aliphatic carbocycles. The van der Waals surface area contributed by atoms with Crippen LogP contribution in [0.25, 0.3) is 0 Å². The highest BCUT2D eigenvalue weighted by atomic mass is 15.2. The van der Waals surface area contributed by atoms with Gasteiger partial charge in [-0.15, -0.1) is 5.10 Å². The summed E-state index contributed by atoms with van der Waals surface area (Å²) in [5, 5.41) is 15.5. The Kier molecular flexibility index (Phi) is 2.91. The predicted octanol–water partition coefficient (Wildman–Crippen LogP) is 0.998. The van der Waals surface area contributed by atoms with Crippen molar-refractivity contribution in [3.8, 4) is 0 Å². The molecule has 0 spiro atoms. The largest absolute Gasteiger partial charge is 0.386 e. The van der Waals surface area contributed by atoms with Crippen LogP contribution in [-0.4, -0.2) is 17.4 Å². The van der Waals surface area contributed by atoms with E-state index >= 15 is 0 Å². The normalized spacial score (nSPS) is 17.2. The first-order chi connectivity index (χ1) is 8.09. The van der Waals surface area contributed by atoms with Crippen molar-refractivity contribution >= 4 is 17.4 Å². The second-order valence-electron chi connectivity index (χ2n) is 4.03. The average molecular weight is 229 g/mol. The molecular weight excluding hydrogens is 214 g/mol. The molecule has 0 fully saturated rings. The summed E-state index contributed by atoms with van der Waals surface area (Å²) in [6.45, 7) is 1.70. The molecular formula is C12H15N5. The first-order valence-electron chi connectivity index (χ1n) is 5.43. The Morgan fingerprint density at radius 2 is 2.06 bits per heavy atom. The first-order valence-corrected chi connectivity index (χ1v) is 5.43. The zero-order valence-electron chi connectivity index (χ0n) is 9.70. The maximum Gasteiger partial charge on any atom is 0.123 e. The molecule has 0 bridgehead atoms. The molecule has 5 heteroatoms. The van der Waals surface area contributed by atoms with Crippen molar-refractivity contribution in [1.29, 1.82) is 5.41 Å². The molecule has 0 unspecified atom stereocenters. The van der Waals surface area contributed by atoms with Gasteiger partial charge < -0.3 is 11.5 Å². The van der Waals surface area contributed by atoms with Crippen molar-refractivity contribution in [3.63, 3.8) is 0 Å². The van der Waals surface area contributed by atoms with Crippen molar-refractivity contribution < 1.29 is 0 Å². The molecule has 0 atom stereocenters. The predicted molar refractivity (Wildman–Crippen MR) is 69.6 cm³/mol. The van der Waals surface area contributed by atoms with Crippen LogP contribution in [0.4, 0.5) is 0 Å². The Labute approximate surface area is 99.7 Å². The minimum absolute atomic E-state index is 0.0987. The number of nitrogens with one attached hydrogen (secondary N) is 1. The zero-order chi connectivity index (χ0) is 12.4. The van der Waals surface area contributed by atoms with Crippen molar-refractivity contribution in [1.82, 2.24) is 0 Å². The van der Waals surface area contributed by atoms with Crippen molar-refractivity contribution in [2.24, 2.45) is 21.7 Å². The van der Waals surface area contributed by atoms with Gasteiger partial charge in [0.15, 0.2) is 0 Å². The van der Waals surface area contributed by atoms with Gasteiger partial charge >= 0.3 is 0 Å². The van der Waals surface area contributed by atoms with Gasteiger partial charge in [0.2, 0.25) is 0 Å². The molecule has 1 aromatic rings. The molecule has 17 heavy (non-hydrogen) atoms. The van der Waals surface area contributed by atoms with E-state index in [1.165, 1.54) is 0 Å². The number of nitrogens with zero attached hydrogens (tertiary/aromatic N) is 2. The third-order valence-electron chi connectivity index (χ3n) is 2.72. The highest BCUT2D eigenvalue weighted by Gasteiger charge is 2.21.